The van der Waals surface area contributed by atoms with Gasteiger partial charge in [-0.3, -0.25) is 9.89 Å². The van der Waals surface area contributed by atoms with E-state index in [9.17, 15) is 13.6 Å². The van der Waals surface area contributed by atoms with Crippen LogP contribution in [0, 0.1) is 16.4 Å². The molecule has 2 unspecified atom stereocenters. The van der Waals surface area contributed by atoms with E-state index in [1.54, 1.807) is 24.3 Å². The number of carbonyl (C=O) groups is 1. The van der Waals surface area contributed by atoms with E-state index in [0.717, 1.165) is 10.7 Å². The van der Waals surface area contributed by atoms with Crippen molar-refractivity contribution in [1.29, 1.82) is 0 Å². The summed E-state index contributed by atoms with van der Waals surface area (Å²) >= 11 is 11.2. The molecule has 4 rings (SSSR count). The maximum absolute atomic E-state index is 14.5. The van der Waals surface area contributed by atoms with E-state index in [2.05, 4.69) is 10.1 Å². The van der Waals surface area contributed by atoms with Gasteiger partial charge in [0.1, 0.15) is 24.1 Å². The Kier molecular flexibility index (Phi) is 3.98. The van der Waals surface area contributed by atoms with E-state index in [4.69, 9.17) is 28.6 Å². The first-order chi connectivity index (χ1) is 12.4. The lowest BCUT2D eigenvalue weighted by Gasteiger charge is -2.14. The second-order valence-corrected chi connectivity index (χ2v) is 6.46. The lowest BCUT2D eigenvalue weighted by molar-refractivity contribution is 0.0758. The molecule has 1 saturated heterocycles. The quantitative estimate of drug-likeness (QED) is 0.535. The summed E-state index contributed by atoms with van der Waals surface area (Å²) < 4.78 is 34.5. The molecule has 5 nitrogen and oxygen atoms in total. The van der Waals surface area contributed by atoms with Crippen molar-refractivity contribution in [3.05, 3.63) is 81.3 Å². The smallest absolute Gasteiger partial charge is 0.287 e. The maximum atomic E-state index is 14.5. The molecule has 0 aliphatic carbocycles. The fourth-order valence-electron chi connectivity index (χ4n) is 2.96. The van der Waals surface area contributed by atoms with Crippen LogP contribution in [0.3, 0.4) is 0 Å². The number of ether oxygens (including phenoxy) is 1. The van der Waals surface area contributed by atoms with Crippen molar-refractivity contribution < 1.29 is 18.3 Å². The average molecular weight is 394 g/mol. The largest absolute Gasteiger partial charge is 0.345 e. The second-order valence-electron chi connectivity index (χ2n) is 5.69. The van der Waals surface area contributed by atoms with Crippen molar-refractivity contribution in [2.24, 2.45) is 0 Å². The third-order valence-corrected chi connectivity index (χ3v) is 4.84. The molecule has 132 valence electrons. The molecule has 2 atom stereocenters. The standard InChI is InChI=1S/C17H10ClF2N3O2S/c18-12-4-2-1-3-10(12)14-17(25-14,11-6-5-9(19)7-13(11)20)15(24)23-16(26)21-8-22-23/h1-8,14H,(H,21,22,26). The van der Waals surface area contributed by atoms with Gasteiger partial charge in [-0.1, -0.05) is 29.8 Å². The van der Waals surface area contributed by atoms with Crippen molar-refractivity contribution in [3.63, 3.8) is 0 Å². The Hall–Kier alpha value is -2.42. The van der Waals surface area contributed by atoms with Crippen LogP contribution in [0.2, 0.25) is 5.02 Å². The molecule has 1 aromatic heterocycles. The molecule has 9 heteroatoms. The first kappa shape index (κ1) is 17.0. The van der Waals surface area contributed by atoms with Gasteiger partial charge in [0.2, 0.25) is 10.4 Å². The predicted molar refractivity (Wildman–Crippen MR) is 91.4 cm³/mol. The molecule has 1 aliphatic rings. The molecule has 1 N–H and O–H groups in total. The molecule has 2 aromatic carbocycles. The molecular weight excluding hydrogens is 384 g/mol. The van der Waals surface area contributed by atoms with Gasteiger partial charge >= 0.3 is 0 Å². The van der Waals surface area contributed by atoms with Crippen LogP contribution in [-0.4, -0.2) is 20.7 Å². The monoisotopic (exact) mass is 393 g/mol. The van der Waals surface area contributed by atoms with Crippen LogP contribution in [-0.2, 0) is 10.3 Å². The van der Waals surface area contributed by atoms with Gasteiger partial charge in [0.05, 0.1) is 0 Å². The van der Waals surface area contributed by atoms with E-state index >= 15 is 0 Å². The summed E-state index contributed by atoms with van der Waals surface area (Å²) in [5.41, 5.74) is -1.32. The summed E-state index contributed by atoms with van der Waals surface area (Å²) in [5, 5.41) is 2.94. The zero-order valence-electron chi connectivity index (χ0n) is 12.9. The van der Waals surface area contributed by atoms with Gasteiger partial charge in [0.15, 0.2) is 0 Å². The number of carbonyl (C=O) groups excluding carboxylic acids is 1. The first-order valence-corrected chi connectivity index (χ1v) is 8.29. The Morgan fingerprint density at radius 3 is 2.73 bits per heavy atom. The van der Waals surface area contributed by atoms with E-state index in [1.165, 1.54) is 12.4 Å². The van der Waals surface area contributed by atoms with Crippen LogP contribution in [0.15, 0.2) is 48.8 Å². The Labute approximate surface area is 156 Å². The molecule has 0 amide bonds. The SMILES string of the molecule is O=C(n1[nH]cnc1=S)C1(c2ccc(F)cc2F)OC1c1ccccc1Cl. The second kappa shape index (κ2) is 6.08. The number of epoxide rings is 1. The number of nitrogens with one attached hydrogen (secondary N) is 1. The molecule has 2 heterocycles. The van der Waals surface area contributed by atoms with Gasteiger partial charge < -0.3 is 4.74 Å². The molecule has 0 bridgehead atoms. The highest BCUT2D eigenvalue weighted by atomic mass is 35.5. The molecule has 0 radical (unpaired) electrons. The van der Waals surface area contributed by atoms with Crippen LogP contribution >= 0.6 is 23.8 Å². The van der Waals surface area contributed by atoms with E-state index in [0.29, 0.717) is 16.7 Å². The van der Waals surface area contributed by atoms with Crippen molar-refractivity contribution in [2.75, 3.05) is 0 Å². The van der Waals surface area contributed by atoms with Gasteiger partial charge in [-0.2, -0.15) is 4.68 Å². The zero-order valence-corrected chi connectivity index (χ0v) is 14.5. The minimum absolute atomic E-state index is 0.0368. The van der Waals surface area contributed by atoms with Crippen LogP contribution in [0.25, 0.3) is 0 Å². The lowest BCUT2D eigenvalue weighted by atomic mass is 9.90. The summed E-state index contributed by atoms with van der Waals surface area (Å²) in [6.45, 7) is 0. The third kappa shape index (κ3) is 2.49. The molecular formula is C17H10ClF2N3O2S. The number of halogens is 3. The molecule has 0 spiro atoms. The van der Waals surface area contributed by atoms with Crippen molar-refractivity contribution in [2.45, 2.75) is 11.7 Å². The minimum atomic E-state index is -1.73. The summed E-state index contributed by atoms with van der Waals surface area (Å²) in [4.78, 5) is 16.9. The van der Waals surface area contributed by atoms with Crippen molar-refractivity contribution in [1.82, 2.24) is 14.8 Å². The van der Waals surface area contributed by atoms with Crippen molar-refractivity contribution >= 4 is 29.7 Å². The summed E-state index contributed by atoms with van der Waals surface area (Å²) in [6.07, 6.45) is 0.385. The normalized spacial score (nSPS) is 21.6. The van der Waals surface area contributed by atoms with Gasteiger partial charge in [0.25, 0.3) is 5.91 Å². The van der Waals surface area contributed by atoms with Gasteiger partial charge in [0, 0.05) is 22.2 Å². The summed E-state index contributed by atoms with van der Waals surface area (Å²) in [6, 6.07) is 9.70. The van der Waals surface area contributed by atoms with Gasteiger partial charge in [-0.15, -0.1) is 0 Å². The van der Waals surface area contributed by atoms with Gasteiger partial charge in [-0.05, 0) is 30.4 Å². The molecule has 26 heavy (non-hydrogen) atoms. The maximum Gasteiger partial charge on any atom is 0.287 e. The third-order valence-electron chi connectivity index (χ3n) is 4.21. The van der Waals surface area contributed by atoms with Crippen molar-refractivity contribution in [3.8, 4) is 0 Å². The number of benzene rings is 2. The Morgan fingerprint density at radius 1 is 1.31 bits per heavy atom. The van der Waals surface area contributed by atoms with Crippen LogP contribution in [0.1, 0.15) is 22.0 Å². The highest BCUT2D eigenvalue weighted by molar-refractivity contribution is 7.71. The number of aromatic nitrogens is 3. The number of hydrogen-bond donors (Lipinski definition) is 1. The van der Waals surface area contributed by atoms with Crippen LogP contribution < -0.4 is 0 Å². The van der Waals surface area contributed by atoms with Gasteiger partial charge in [-0.25, -0.2) is 13.8 Å². The predicted octanol–water partition coefficient (Wildman–Crippen LogP) is 4.18. The molecule has 1 aliphatic heterocycles. The lowest BCUT2D eigenvalue weighted by Crippen LogP contribution is -2.31. The number of hydrogen-bond acceptors (Lipinski definition) is 4. The van der Waals surface area contributed by atoms with E-state index in [1.807, 2.05) is 0 Å². The van der Waals surface area contributed by atoms with E-state index in [-0.39, 0.29) is 10.3 Å². The fraction of sp³-hybridized carbons (Fsp3) is 0.118. The number of nitrogens with zero attached hydrogens (tertiary/aromatic N) is 2. The average Bonchev–Trinajstić information content (AvgIpc) is 3.20. The number of H-pyrrole nitrogens is 1. The molecule has 3 aromatic rings. The zero-order chi connectivity index (χ0) is 18.5. The summed E-state index contributed by atoms with van der Waals surface area (Å²) in [5.74, 6) is -2.34. The topological polar surface area (TPSA) is 63.2 Å². The Balaban J connectivity index is 1.89. The minimum Gasteiger partial charge on any atom is -0.345 e. The highest BCUT2D eigenvalue weighted by Gasteiger charge is 2.66. The highest BCUT2D eigenvalue weighted by Crippen LogP contribution is 2.59. The fourth-order valence-corrected chi connectivity index (χ4v) is 3.38. The Bertz CT molecular complexity index is 1080. The number of rotatable bonds is 3. The summed E-state index contributed by atoms with van der Waals surface area (Å²) in [7, 11) is 0. The number of aromatic amines is 1. The first-order valence-electron chi connectivity index (χ1n) is 7.50. The van der Waals surface area contributed by atoms with Crippen LogP contribution in [0.4, 0.5) is 8.78 Å². The van der Waals surface area contributed by atoms with Crippen LogP contribution in [0.5, 0.6) is 0 Å². The van der Waals surface area contributed by atoms with E-state index < -0.39 is 29.2 Å². The molecule has 1 fully saturated rings. The molecule has 0 saturated carbocycles. The Morgan fingerprint density at radius 2 is 2.08 bits per heavy atom.